The van der Waals surface area contributed by atoms with E-state index in [9.17, 15) is 0 Å². The first-order valence-corrected chi connectivity index (χ1v) is 12.1. The summed E-state index contributed by atoms with van der Waals surface area (Å²) in [6.07, 6.45) is 1.91. The zero-order valence-corrected chi connectivity index (χ0v) is 19.0. The topological polar surface area (TPSA) is 25.8 Å². The lowest BCUT2D eigenvalue weighted by atomic mass is 9.97. The molecule has 0 radical (unpaired) electrons. The van der Waals surface area contributed by atoms with Crippen molar-refractivity contribution in [2.24, 2.45) is 0 Å². The van der Waals surface area contributed by atoms with E-state index in [4.69, 9.17) is 7.73 Å². The third-order valence-electron chi connectivity index (χ3n) is 6.32. The number of rotatable bonds is 3. The van der Waals surface area contributed by atoms with E-state index in [1.807, 2.05) is 42.6 Å². The summed E-state index contributed by atoms with van der Waals surface area (Å²) in [4.78, 5) is 10.4. The van der Waals surface area contributed by atoms with Crippen molar-refractivity contribution in [3.63, 3.8) is 0 Å². The van der Waals surface area contributed by atoms with Gasteiger partial charge in [0.15, 0.2) is 0 Å². The van der Waals surface area contributed by atoms with E-state index < -0.39 is 6.37 Å². The normalized spacial score (nSPS) is 12.9. The third kappa shape index (κ3) is 3.09. The predicted molar refractivity (Wildman–Crippen MR) is 145 cm³/mol. The fourth-order valence-electron chi connectivity index (χ4n) is 4.79. The highest BCUT2D eigenvalue weighted by molar-refractivity contribution is 7.26. The van der Waals surface area contributed by atoms with Gasteiger partial charge in [0.05, 0.1) is 5.69 Å². The molecule has 0 aliphatic rings. The van der Waals surface area contributed by atoms with Gasteiger partial charge in [0.2, 0.25) is 0 Å². The molecule has 0 spiro atoms. The Balaban J connectivity index is 1.46. The van der Waals surface area contributed by atoms with E-state index in [1.165, 1.54) is 31.6 Å². The van der Waals surface area contributed by atoms with Crippen LogP contribution in [-0.4, -0.2) is 9.97 Å². The first-order chi connectivity index (χ1) is 17.6. The van der Waals surface area contributed by atoms with Crippen molar-refractivity contribution in [2.45, 2.75) is 6.37 Å². The van der Waals surface area contributed by atoms with Crippen LogP contribution in [0.25, 0.3) is 53.1 Å². The van der Waals surface area contributed by atoms with Crippen LogP contribution in [0.3, 0.4) is 0 Å². The molecule has 0 amide bonds. The Hall–Kier alpha value is -4.08. The quantitative estimate of drug-likeness (QED) is 0.250. The highest BCUT2D eigenvalue weighted by Crippen LogP contribution is 2.43. The number of thiophene rings is 1. The van der Waals surface area contributed by atoms with Crippen LogP contribution in [0.15, 0.2) is 109 Å². The predicted octanol–water partition coefficient (Wildman–Crippen LogP) is 8.41. The SMILES string of the molecule is [2H]C([2H])(c1ccccc1)c1ccnc(-c2cnc3sc4c5ccccc5c5ccccc5c4c3c2)c1. The monoisotopic (exact) mass is 454 g/mol. The van der Waals surface area contributed by atoms with Gasteiger partial charge in [-0.2, -0.15) is 0 Å². The Morgan fingerprint density at radius 3 is 2.18 bits per heavy atom. The summed E-state index contributed by atoms with van der Waals surface area (Å²) >= 11 is 1.72. The van der Waals surface area contributed by atoms with Crippen LogP contribution in [0.2, 0.25) is 0 Å². The molecule has 3 heterocycles. The van der Waals surface area contributed by atoms with E-state index >= 15 is 0 Å². The Labute approximate surface area is 204 Å². The van der Waals surface area contributed by atoms with E-state index in [2.05, 4.69) is 59.6 Å². The Bertz CT molecular complexity index is 1930. The van der Waals surface area contributed by atoms with E-state index in [0.717, 1.165) is 15.8 Å². The van der Waals surface area contributed by atoms with E-state index in [-0.39, 0.29) is 0 Å². The van der Waals surface area contributed by atoms with Gasteiger partial charge in [0, 0.05) is 41.6 Å². The number of hydrogen-bond acceptors (Lipinski definition) is 3. The number of aromatic nitrogens is 2. The number of pyridine rings is 2. The molecular formula is C31H20N2S. The van der Waals surface area contributed by atoms with Crippen LogP contribution in [0, 0.1) is 0 Å². The van der Waals surface area contributed by atoms with Gasteiger partial charge in [-0.05, 0) is 51.9 Å². The number of fused-ring (bicyclic) bond motifs is 8. The van der Waals surface area contributed by atoms with Crippen molar-refractivity contribution in [1.29, 1.82) is 0 Å². The summed E-state index contributed by atoms with van der Waals surface area (Å²) in [6, 6.07) is 32.2. The Morgan fingerprint density at radius 2 is 1.35 bits per heavy atom. The van der Waals surface area contributed by atoms with Crippen molar-refractivity contribution in [3.05, 3.63) is 121 Å². The zero-order valence-electron chi connectivity index (χ0n) is 20.2. The van der Waals surface area contributed by atoms with Crippen molar-refractivity contribution in [1.82, 2.24) is 9.97 Å². The average molecular weight is 455 g/mol. The third-order valence-corrected chi connectivity index (χ3v) is 7.47. The molecule has 0 unspecified atom stereocenters. The Morgan fingerprint density at radius 1 is 0.647 bits per heavy atom. The molecule has 0 saturated heterocycles. The van der Waals surface area contributed by atoms with E-state index in [0.29, 0.717) is 16.8 Å². The van der Waals surface area contributed by atoms with Gasteiger partial charge in [0.1, 0.15) is 4.83 Å². The van der Waals surface area contributed by atoms with Crippen LogP contribution in [0.4, 0.5) is 0 Å². The maximum absolute atomic E-state index is 8.77. The standard InChI is InChI=1S/C31H20N2S/c1-2-8-20(9-3-1)16-21-14-15-32-28(17-21)22-18-27-29-25-12-6-4-10-23(25)24-11-5-7-13-26(24)30(29)34-31(27)33-19-22/h1-15,17-19H,16H2/i16D2. The maximum atomic E-state index is 8.77. The van der Waals surface area contributed by atoms with Gasteiger partial charge in [-0.3, -0.25) is 4.98 Å². The molecule has 0 fully saturated rings. The van der Waals surface area contributed by atoms with Gasteiger partial charge in [-0.25, -0.2) is 4.98 Å². The first kappa shape index (κ1) is 17.4. The molecule has 4 aromatic carbocycles. The summed E-state index contributed by atoms with van der Waals surface area (Å²) in [5.74, 6) is 0. The van der Waals surface area contributed by atoms with Crippen LogP contribution in [-0.2, 0) is 6.37 Å². The van der Waals surface area contributed by atoms with Gasteiger partial charge >= 0.3 is 0 Å². The van der Waals surface area contributed by atoms with Crippen LogP contribution in [0.1, 0.15) is 13.9 Å². The van der Waals surface area contributed by atoms with Gasteiger partial charge in [0.25, 0.3) is 0 Å². The number of hydrogen-bond donors (Lipinski definition) is 0. The molecule has 7 aromatic rings. The molecule has 3 aromatic heterocycles. The maximum Gasteiger partial charge on any atom is 0.124 e. The lowest BCUT2D eigenvalue weighted by Gasteiger charge is -2.08. The highest BCUT2D eigenvalue weighted by Gasteiger charge is 2.15. The van der Waals surface area contributed by atoms with Crippen LogP contribution in [0.5, 0.6) is 0 Å². The molecule has 34 heavy (non-hydrogen) atoms. The second-order valence-corrected chi connectivity index (χ2v) is 9.39. The lowest BCUT2D eigenvalue weighted by molar-refractivity contribution is 1.16. The van der Waals surface area contributed by atoms with Crippen molar-refractivity contribution in [2.75, 3.05) is 0 Å². The highest BCUT2D eigenvalue weighted by atomic mass is 32.1. The molecule has 0 aliphatic heterocycles. The smallest absolute Gasteiger partial charge is 0.124 e. The number of benzene rings is 4. The lowest BCUT2D eigenvalue weighted by Crippen LogP contribution is -1.91. The van der Waals surface area contributed by atoms with Crippen molar-refractivity contribution in [3.8, 4) is 11.3 Å². The minimum atomic E-state index is -1.62. The molecule has 2 nitrogen and oxygen atoms in total. The molecule has 0 saturated carbocycles. The summed E-state index contributed by atoms with van der Waals surface area (Å²) in [6.45, 7) is 0. The first-order valence-electron chi connectivity index (χ1n) is 12.3. The second kappa shape index (κ2) is 7.75. The summed E-state index contributed by atoms with van der Waals surface area (Å²) in [5, 5.41) is 7.28. The Kier molecular flexibility index (Phi) is 3.97. The summed E-state index contributed by atoms with van der Waals surface area (Å²) in [7, 11) is 0. The summed E-state index contributed by atoms with van der Waals surface area (Å²) < 4.78 is 18.8. The van der Waals surface area contributed by atoms with Crippen molar-refractivity contribution >= 4 is 53.2 Å². The molecule has 0 bridgehead atoms. The molecule has 0 aliphatic carbocycles. The fourth-order valence-corrected chi connectivity index (χ4v) is 5.97. The van der Waals surface area contributed by atoms with E-state index in [1.54, 1.807) is 23.6 Å². The largest absolute Gasteiger partial charge is 0.256 e. The van der Waals surface area contributed by atoms with Gasteiger partial charge in [-0.1, -0.05) is 78.9 Å². The van der Waals surface area contributed by atoms with Crippen LogP contribution < -0.4 is 0 Å². The minimum Gasteiger partial charge on any atom is -0.256 e. The molecular weight excluding hydrogens is 432 g/mol. The van der Waals surface area contributed by atoms with Gasteiger partial charge < -0.3 is 0 Å². The zero-order chi connectivity index (χ0) is 24.3. The average Bonchev–Trinajstić information content (AvgIpc) is 3.33. The molecule has 0 N–H and O–H groups in total. The van der Waals surface area contributed by atoms with Crippen molar-refractivity contribution < 1.29 is 2.74 Å². The minimum absolute atomic E-state index is 0.574. The second-order valence-electron chi connectivity index (χ2n) is 8.39. The number of nitrogens with zero attached hydrogens (tertiary/aromatic N) is 2. The molecule has 160 valence electrons. The molecule has 0 atom stereocenters. The fraction of sp³-hybridized carbons (Fsp3) is 0.0323. The molecule has 3 heteroatoms. The van der Waals surface area contributed by atoms with Crippen LogP contribution >= 0.6 is 11.3 Å². The van der Waals surface area contributed by atoms with Gasteiger partial charge in [-0.15, -0.1) is 11.3 Å². The molecule has 7 rings (SSSR count). The summed E-state index contributed by atoms with van der Waals surface area (Å²) in [5.41, 5.74) is 2.79.